The molecule has 0 atom stereocenters. The zero-order valence-electron chi connectivity index (χ0n) is 11.0. The first kappa shape index (κ1) is 13.6. The van der Waals surface area contributed by atoms with Gasteiger partial charge in [-0.05, 0) is 37.8 Å². The molecule has 0 unspecified atom stereocenters. The third kappa shape index (κ3) is 2.59. The summed E-state index contributed by atoms with van der Waals surface area (Å²) in [4.78, 5) is 0. The van der Waals surface area contributed by atoms with E-state index in [4.69, 9.17) is 11.6 Å². The van der Waals surface area contributed by atoms with Gasteiger partial charge in [-0.1, -0.05) is 24.4 Å². The molecule has 18 heavy (non-hydrogen) atoms. The number of hydrogen-bond acceptors (Lipinski definition) is 4. The van der Waals surface area contributed by atoms with Crippen LogP contribution in [0.1, 0.15) is 36.8 Å². The zero-order valence-corrected chi connectivity index (χ0v) is 11.7. The first-order valence-electron chi connectivity index (χ1n) is 6.42. The van der Waals surface area contributed by atoms with E-state index in [1.165, 1.54) is 12.8 Å². The average molecular weight is 270 g/mol. The van der Waals surface area contributed by atoms with Crippen LogP contribution in [0.15, 0.2) is 0 Å². The summed E-state index contributed by atoms with van der Waals surface area (Å²) in [5.41, 5.74) is 2.00. The second-order valence-corrected chi connectivity index (χ2v) is 5.67. The molecule has 1 fully saturated rings. The first-order valence-corrected chi connectivity index (χ1v) is 6.80. The highest BCUT2D eigenvalue weighted by Gasteiger charge is 2.33. The Kier molecular flexibility index (Phi) is 4.07. The zero-order chi connectivity index (χ0) is 13.2. The SMILES string of the molecule is Cc1c(Cl)nnc(NCC2(CO)CCCC2)c1C. The van der Waals surface area contributed by atoms with Crippen molar-refractivity contribution < 1.29 is 5.11 Å². The molecule has 0 aromatic carbocycles. The van der Waals surface area contributed by atoms with Crippen LogP contribution in [0.4, 0.5) is 5.82 Å². The van der Waals surface area contributed by atoms with Gasteiger partial charge in [0.15, 0.2) is 11.0 Å². The van der Waals surface area contributed by atoms with Crippen LogP contribution < -0.4 is 5.32 Å². The summed E-state index contributed by atoms with van der Waals surface area (Å²) >= 11 is 5.93. The number of anilines is 1. The largest absolute Gasteiger partial charge is 0.396 e. The number of aromatic nitrogens is 2. The van der Waals surface area contributed by atoms with Gasteiger partial charge in [-0.2, -0.15) is 0 Å². The van der Waals surface area contributed by atoms with E-state index < -0.39 is 0 Å². The fraction of sp³-hybridized carbons (Fsp3) is 0.692. The molecule has 1 aliphatic rings. The van der Waals surface area contributed by atoms with Crippen LogP contribution in [0.25, 0.3) is 0 Å². The average Bonchev–Trinajstić information content (AvgIpc) is 2.85. The summed E-state index contributed by atoms with van der Waals surface area (Å²) < 4.78 is 0. The van der Waals surface area contributed by atoms with Crippen LogP contribution in [-0.2, 0) is 0 Å². The smallest absolute Gasteiger partial charge is 0.155 e. The maximum absolute atomic E-state index is 9.57. The predicted octanol–water partition coefficient (Wildman–Crippen LogP) is 2.71. The highest BCUT2D eigenvalue weighted by Crippen LogP contribution is 2.37. The van der Waals surface area contributed by atoms with Crippen LogP contribution in [-0.4, -0.2) is 28.5 Å². The normalized spacial score (nSPS) is 18.0. The number of aliphatic hydroxyl groups excluding tert-OH is 1. The number of halogens is 1. The number of rotatable bonds is 4. The molecule has 0 aliphatic heterocycles. The van der Waals surface area contributed by atoms with Crippen molar-refractivity contribution in [3.8, 4) is 0 Å². The van der Waals surface area contributed by atoms with Crippen molar-refractivity contribution >= 4 is 17.4 Å². The molecule has 1 aliphatic carbocycles. The summed E-state index contributed by atoms with van der Waals surface area (Å²) in [5, 5.41) is 21.4. The molecular formula is C13H20ClN3O. The van der Waals surface area contributed by atoms with Gasteiger partial charge in [0.25, 0.3) is 0 Å². The minimum Gasteiger partial charge on any atom is -0.396 e. The third-order valence-corrected chi connectivity index (χ3v) is 4.45. The number of hydrogen-bond donors (Lipinski definition) is 2. The van der Waals surface area contributed by atoms with Gasteiger partial charge >= 0.3 is 0 Å². The van der Waals surface area contributed by atoms with Crippen LogP contribution in [0.5, 0.6) is 0 Å². The van der Waals surface area contributed by atoms with Gasteiger partial charge in [-0.15, -0.1) is 10.2 Å². The molecule has 0 spiro atoms. The van der Waals surface area contributed by atoms with Crippen molar-refractivity contribution in [2.24, 2.45) is 5.41 Å². The second-order valence-electron chi connectivity index (χ2n) is 5.31. The Morgan fingerprint density at radius 2 is 1.89 bits per heavy atom. The predicted molar refractivity (Wildman–Crippen MR) is 73.0 cm³/mol. The summed E-state index contributed by atoms with van der Waals surface area (Å²) in [7, 11) is 0. The van der Waals surface area contributed by atoms with Crippen molar-refractivity contribution in [1.29, 1.82) is 0 Å². The van der Waals surface area contributed by atoms with Crippen molar-refractivity contribution in [1.82, 2.24) is 10.2 Å². The molecular weight excluding hydrogens is 250 g/mol. The van der Waals surface area contributed by atoms with Crippen LogP contribution in [0.3, 0.4) is 0 Å². The fourth-order valence-electron chi connectivity index (χ4n) is 2.53. The van der Waals surface area contributed by atoms with Crippen molar-refractivity contribution in [2.75, 3.05) is 18.5 Å². The van der Waals surface area contributed by atoms with Crippen molar-refractivity contribution in [3.63, 3.8) is 0 Å². The van der Waals surface area contributed by atoms with Gasteiger partial charge < -0.3 is 10.4 Å². The van der Waals surface area contributed by atoms with E-state index in [1.807, 2.05) is 13.8 Å². The molecule has 100 valence electrons. The number of nitrogens with one attached hydrogen (secondary N) is 1. The molecule has 0 radical (unpaired) electrons. The van der Waals surface area contributed by atoms with Crippen LogP contribution in [0.2, 0.25) is 5.15 Å². The summed E-state index contributed by atoms with van der Waals surface area (Å²) in [5.74, 6) is 0.775. The quantitative estimate of drug-likeness (QED) is 0.882. The minimum atomic E-state index is 0.0155. The lowest BCUT2D eigenvalue weighted by Gasteiger charge is -2.27. The molecule has 5 heteroatoms. The molecule has 1 heterocycles. The van der Waals surface area contributed by atoms with Gasteiger partial charge in [0.2, 0.25) is 0 Å². The van der Waals surface area contributed by atoms with E-state index in [0.717, 1.165) is 36.3 Å². The lowest BCUT2D eigenvalue weighted by atomic mass is 9.87. The molecule has 1 aromatic rings. The Bertz CT molecular complexity index is 430. The maximum atomic E-state index is 9.57. The van der Waals surface area contributed by atoms with E-state index >= 15 is 0 Å². The molecule has 0 amide bonds. The third-order valence-electron chi connectivity index (χ3n) is 4.10. The van der Waals surface area contributed by atoms with E-state index in [0.29, 0.717) is 5.15 Å². The minimum absolute atomic E-state index is 0.0155. The fourth-order valence-corrected chi connectivity index (χ4v) is 2.71. The lowest BCUT2D eigenvalue weighted by Crippen LogP contribution is -2.31. The van der Waals surface area contributed by atoms with E-state index in [1.54, 1.807) is 0 Å². The highest BCUT2D eigenvalue weighted by molar-refractivity contribution is 6.30. The lowest BCUT2D eigenvalue weighted by molar-refractivity contribution is 0.142. The number of nitrogens with zero attached hydrogens (tertiary/aromatic N) is 2. The van der Waals surface area contributed by atoms with E-state index in [9.17, 15) is 5.11 Å². The Morgan fingerprint density at radius 1 is 1.22 bits per heavy atom. The van der Waals surface area contributed by atoms with Gasteiger partial charge in [0.05, 0.1) is 6.61 Å². The van der Waals surface area contributed by atoms with Crippen LogP contribution >= 0.6 is 11.6 Å². The molecule has 1 saturated carbocycles. The topological polar surface area (TPSA) is 58.0 Å². The van der Waals surface area contributed by atoms with Gasteiger partial charge in [0, 0.05) is 12.0 Å². The Morgan fingerprint density at radius 3 is 2.50 bits per heavy atom. The molecule has 1 aromatic heterocycles. The molecule has 2 N–H and O–H groups in total. The summed E-state index contributed by atoms with van der Waals surface area (Å²) in [6.07, 6.45) is 4.56. The molecule has 0 saturated heterocycles. The second kappa shape index (κ2) is 5.41. The van der Waals surface area contributed by atoms with E-state index in [-0.39, 0.29) is 12.0 Å². The molecule has 2 rings (SSSR count). The monoisotopic (exact) mass is 269 g/mol. The van der Waals surface area contributed by atoms with Gasteiger partial charge in [0.1, 0.15) is 0 Å². The number of aliphatic hydroxyl groups is 1. The summed E-state index contributed by atoms with van der Waals surface area (Å²) in [6.45, 7) is 4.91. The Balaban J connectivity index is 2.08. The maximum Gasteiger partial charge on any atom is 0.155 e. The van der Waals surface area contributed by atoms with E-state index in [2.05, 4.69) is 15.5 Å². The van der Waals surface area contributed by atoms with Crippen molar-refractivity contribution in [3.05, 3.63) is 16.3 Å². The molecule has 0 bridgehead atoms. The van der Waals surface area contributed by atoms with Gasteiger partial charge in [-0.3, -0.25) is 0 Å². The summed E-state index contributed by atoms with van der Waals surface area (Å²) in [6, 6.07) is 0. The van der Waals surface area contributed by atoms with Gasteiger partial charge in [-0.25, -0.2) is 0 Å². The Labute approximate surface area is 113 Å². The standard InChI is InChI=1S/C13H20ClN3O/c1-9-10(2)12(17-16-11(9)14)15-7-13(8-18)5-3-4-6-13/h18H,3-8H2,1-2H3,(H,15,17). The highest BCUT2D eigenvalue weighted by atomic mass is 35.5. The first-order chi connectivity index (χ1) is 8.58. The molecule has 4 nitrogen and oxygen atoms in total. The Hall–Kier alpha value is -0.870. The van der Waals surface area contributed by atoms with Crippen molar-refractivity contribution in [2.45, 2.75) is 39.5 Å². The van der Waals surface area contributed by atoms with Crippen LogP contribution in [0, 0.1) is 19.3 Å².